The van der Waals surface area contributed by atoms with Gasteiger partial charge in [-0.05, 0) is 284 Å². The summed E-state index contributed by atoms with van der Waals surface area (Å²) in [6.45, 7) is 133. The van der Waals surface area contributed by atoms with Crippen LogP contribution in [0.25, 0.3) is 0 Å². The molecule has 3 atom stereocenters. The van der Waals surface area contributed by atoms with E-state index < -0.39 is 9.52 Å². The Morgan fingerprint density at radius 1 is 0.443 bits per heavy atom. The maximum absolute atomic E-state index is 11.6. The molecule has 33 heteroatoms. The van der Waals surface area contributed by atoms with E-state index in [9.17, 15) is 9.00 Å². The van der Waals surface area contributed by atoms with Crippen LogP contribution in [0.1, 0.15) is 269 Å². The van der Waals surface area contributed by atoms with Crippen molar-refractivity contribution >= 4 is 21.3 Å². The molecule has 2 aromatic heterocycles. The molecule has 0 spiro atoms. The molecule has 0 aliphatic carbocycles. The van der Waals surface area contributed by atoms with Crippen LogP contribution in [-0.2, 0) is 59.6 Å². The smallest absolute Gasteiger partial charge is 0.236 e. The molecule has 0 bridgehead atoms. The van der Waals surface area contributed by atoms with Crippen LogP contribution < -0.4 is 0 Å². The van der Waals surface area contributed by atoms with Crippen molar-refractivity contribution in [3.63, 3.8) is 0 Å². The molecule has 11 fully saturated rings. The zero-order valence-corrected chi connectivity index (χ0v) is 106. The van der Waals surface area contributed by atoms with Gasteiger partial charge in [0.2, 0.25) is 5.91 Å². The number of hydrogen-bond acceptors (Lipinski definition) is 30. The number of hydrogen-bond donors (Lipinski definition) is 0. The number of likely N-dealkylation sites (tertiary alicyclic amines) is 1. The molecule has 13 heterocycles. The van der Waals surface area contributed by atoms with Crippen molar-refractivity contribution in [3.8, 4) is 0 Å². The molecule has 1 amide bonds. The van der Waals surface area contributed by atoms with Crippen molar-refractivity contribution < 1.29 is 42.2 Å². The summed E-state index contributed by atoms with van der Waals surface area (Å²) in [7, 11) is 7.19. The number of amides is 1. The van der Waals surface area contributed by atoms with E-state index in [0.29, 0.717) is 89.7 Å². The fraction of sp³-hybridized carbons (Fsp3) is 0.931. The van der Waals surface area contributed by atoms with E-state index in [-0.39, 0.29) is 39.1 Å². The van der Waals surface area contributed by atoms with Gasteiger partial charge in [0.15, 0.2) is 0 Å². The van der Waals surface area contributed by atoms with E-state index in [2.05, 4.69) is 373 Å². The van der Waals surface area contributed by atoms with Crippen LogP contribution in [0.15, 0.2) is 30.9 Å². The maximum atomic E-state index is 11.6. The quantitative estimate of drug-likeness (QED) is 0.0791. The van der Waals surface area contributed by atoms with Crippen LogP contribution in [0, 0.1) is 0 Å². The number of ether oxygens (including phenoxy) is 7. The minimum Gasteiger partial charge on any atom is -0.383 e. The number of nitrogens with zero attached hydrogens (tertiary/aromatic N) is 23. The van der Waals surface area contributed by atoms with Crippen molar-refractivity contribution in [2.45, 2.75) is 373 Å². The van der Waals surface area contributed by atoms with Crippen LogP contribution in [0.2, 0.25) is 0 Å². The van der Waals surface area contributed by atoms with Gasteiger partial charge < -0.3 is 38.1 Å². The Labute approximate surface area is 916 Å². The Morgan fingerprint density at radius 3 is 1.21 bits per heavy atom. The summed E-state index contributed by atoms with van der Waals surface area (Å²) in [5, 5.41) is 7.56. The number of rotatable bonds is 22. The van der Waals surface area contributed by atoms with E-state index in [4.69, 9.17) is 33.2 Å². The first-order valence-corrected chi connectivity index (χ1v) is 59.5. The van der Waals surface area contributed by atoms with Gasteiger partial charge >= 0.3 is 0 Å². The predicted molar refractivity (Wildman–Crippen MR) is 628 cm³/mol. The highest BCUT2D eigenvalue weighted by molar-refractivity contribution is 8.01. The van der Waals surface area contributed by atoms with Gasteiger partial charge in [-0.1, -0.05) is 12.1 Å². The Hall–Kier alpha value is -3.25. The van der Waals surface area contributed by atoms with Crippen molar-refractivity contribution in [1.82, 2.24) is 113 Å². The van der Waals surface area contributed by atoms with Gasteiger partial charge in [-0.15, -0.1) is 5.10 Å². The summed E-state index contributed by atoms with van der Waals surface area (Å²) >= 11 is 0. The molecule has 0 N–H and O–H groups in total. The zero-order valence-electron chi connectivity index (χ0n) is 105. The topological polar surface area (TPSA) is 214 Å². The maximum Gasteiger partial charge on any atom is 0.236 e. The second-order valence-electron chi connectivity index (χ2n) is 54.3. The van der Waals surface area contributed by atoms with E-state index in [1.165, 1.54) is 52.4 Å². The van der Waals surface area contributed by atoms with Crippen molar-refractivity contribution in [2.24, 2.45) is 0 Å². The second-order valence-corrected chi connectivity index (χ2v) is 56.9. The van der Waals surface area contributed by atoms with Crippen molar-refractivity contribution in [3.05, 3.63) is 36.7 Å². The Kier molecular flexibility index (Phi) is 59.5. The third kappa shape index (κ3) is 52.2. The molecule has 0 saturated carbocycles. The molecule has 0 aromatic carbocycles. The first-order valence-electron chi connectivity index (χ1n) is 57.5. The summed E-state index contributed by atoms with van der Waals surface area (Å²) in [5.74, 6) is 6.57. The fourth-order valence-corrected chi connectivity index (χ4v) is 22.5. The number of aromatic nitrogens is 5. The third-order valence-electron chi connectivity index (χ3n) is 31.5. The van der Waals surface area contributed by atoms with Crippen molar-refractivity contribution in [1.29, 1.82) is 0 Å². The fourth-order valence-electron chi connectivity index (χ4n) is 20.7. The van der Waals surface area contributed by atoms with Crippen LogP contribution in [0.4, 0.5) is 0 Å². The normalized spacial score (nSPS) is 24.4. The van der Waals surface area contributed by atoms with Crippen LogP contribution in [-0.4, -0.2) is 562 Å². The van der Waals surface area contributed by atoms with Gasteiger partial charge in [-0.3, -0.25) is 92.3 Å². The number of likely N-dealkylation sites (N-methyl/N-ethyl adjacent to an activating group) is 2. The van der Waals surface area contributed by atoms with Crippen LogP contribution in [0.5, 0.6) is 0 Å². The SMILES string of the molecule is C=S1(=O)CC(N2CCN(C(C)(C)C)CC2)C1.CC(C)(C)N1CCN(C2COCCOC2)CC1.CC(C)(C)N1CCN(Cc2ncccn2)CC1.CC(C)(C)n1ccnn1.CC(C)N1CCN(C(C)(C)C)CC1C.CCN1C(C)CN(C(C)(C)C)CC1C.CN1CCN(C(C)(C)C)CC1=O.COCCN(CCOC)C1CN(C(C)(C)C)C1.COCCN1CCN(C(C)(C)C)CC1(C)C.COCCOCCN1CCN(C(C)(C)C)CC1. The zero-order chi connectivity index (χ0) is 113. The highest BCUT2D eigenvalue weighted by Gasteiger charge is 2.43. The van der Waals surface area contributed by atoms with E-state index in [1.807, 2.05) is 36.4 Å². The molecule has 13 rings (SSSR count). The Morgan fingerprint density at radius 2 is 0.839 bits per heavy atom. The average Bonchev–Trinajstić information content (AvgIpc) is 0.938. The second kappa shape index (κ2) is 64.3. The first kappa shape index (κ1) is 138. The largest absolute Gasteiger partial charge is 0.383 e. The van der Waals surface area contributed by atoms with E-state index >= 15 is 0 Å². The summed E-state index contributed by atoms with van der Waals surface area (Å²) in [6.07, 6.45) is 7.17. The molecular weight excluding hydrogens is 1890 g/mol. The van der Waals surface area contributed by atoms with Gasteiger partial charge in [-0.25, -0.2) is 14.6 Å². The highest BCUT2D eigenvalue weighted by Crippen LogP contribution is 2.31. The predicted octanol–water partition coefficient (Wildman–Crippen LogP) is 12.7. The minimum absolute atomic E-state index is 0.0660. The van der Waals surface area contributed by atoms with Crippen LogP contribution >= 0.6 is 0 Å². The van der Waals surface area contributed by atoms with Gasteiger partial charge in [-0.2, -0.15) is 0 Å². The monoisotopic (exact) mass is 2130 g/mol. The Bertz CT molecular complexity index is 3880. The summed E-state index contributed by atoms with van der Waals surface area (Å²) in [6, 6.07) is 6.31. The molecule has 876 valence electrons. The standard InChI is InChI=1S/C13H22N4.C13H26N2O2.2C13H28N2O2.C13H28N2O.C12H24N2OS.2C12H26N2.C9H18N2O.C6H11N3/c1-13(2,3)17-9-7-16(8-10-17)11-12-14-5-4-6-15-12;1-13(2,3)15-6-4-14(5-7-15)12-10-16-8-9-17-11-12;1-13(2,3)15-10-12(11-15)14(6-8-16-4)7-9-17-5;1-13(2,3)15-7-5-14(6-8-15)9-10-17-12-11-16-4;1-12(2,3)15-8-7-14(9-10-16-6)13(4,5)11-15;1-12(2,3)14-7-5-13(6-8-14)11-9-16(4,15)10-11;1-10(2)14-8-7-13(9-11(14)3)12(4,5)6;1-7-14-10(2)8-13(9-11(14)3)12(4,5)6;1-9(2,3)11-6-5-10(4)8(12)7-11;1-6(2,3)9-5-4-7-8-9/h4-6H,7-11H2,1-3H3;12H,4-11H2,1-3H3;12H,6-11H2,1-5H3;5-12H2,1-4H3;7-11H2,1-6H3;11H,4-10H2,1-3H3;2*10-11H,7-9H2,1-6H3;5-7H2,1-4H3;4-5H,1-3H3. The molecule has 2 aromatic rings. The lowest BCUT2D eigenvalue weighted by molar-refractivity contribution is -0.136. The van der Waals surface area contributed by atoms with E-state index in [0.717, 1.165) is 240 Å². The molecular formula is C116H237N23O9S. The summed E-state index contributed by atoms with van der Waals surface area (Å²) < 4.78 is 50.5. The summed E-state index contributed by atoms with van der Waals surface area (Å²) in [5.41, 5.74) is 2.84. The molecule has 11 aliphatic rings. The minimum atomic E-state index is -1.68. The van der Waals surface area contributed by atoms with Gasteiger partial charge in [0.1, 0.15) is 5.82 Å². The van der Waals surface area contributed by atoms with Gasteiger partial charge in [0.25, 0.3) is 0 Å². The molecule has 0 radical (unpaired) electrons. The van der Waals surface area contributed by atoms with E-state index in [1.54, 1.807) is 39.5 Å². The first-order chi connectivity index (χ1) is 68.9. The molecule has 149 heavy (non-hydrogen) atoms. The number of carbonyl (C=O) groups excluding carboxylic acids is 1. The summed E-state index contributed by atoms with van der Waals surface area (Å²) in [4.78, 5) is 64.5. The van der Waals surface area contributed by atoms with Gasteiger partial charge in [0, 0.05) is 367 Å². The number of methoxy groups -OCH3 is 4. The lowest BCUT2D eigenvalue weighted by Crippen LogP contribution is -2.65. The molecule has 11 saturated heterocycles. The number of carbonyl (C=O) groups is 1. The molecule has 3 unspecified atom stereocenters. The van der Waals surface area contributed by atoms with Gasteiger partial charge in [0.05, 0.1) is 96.9 Å². The lowest BCUT2D eigenvalue weighted by atomic mass is 9.94. The highest BCUT2D eigenvalue weighted by atomic mass is 32.2. The third-order valence-corrected chi connectivity index (χ3v) is 33.4. The average molecular weight is 2130 g/mol. The van der Waals surface area contributed by atoms with Crippen molar-refractivity contribution in [2.75, 3.05) is 336 Å². The number of piperazine rings is 8. The molecule has 11 aliphatic heterocycles. The molecule has 32 nitrogen and oxygen atoms in total. The van der Waals surface area contributed by atoms with Crippen LogP contribution in [0.3, 0.4) is 0 Å². The lowest BCUT2D eigenvalue weighted by Gasteiger charge is -2.51. The Balaban J connectivity index is 0.000000346.